The molecule has 0 aromatic heterocycles. The predicted molar refractivity (Wildman–Crippen MR) is 69.5 cm³/mol. The fourth-order valence-electron chi connectivity index (χ4n) is 1.38. The van der Waals surface area contributed by atoms with Gasteiger partial charge in [0.15, 0.2) is 0 Å². The van der Waals surface area contributed by atoms with E-state index in [0.29, 0.717) is 19.4 Å². The van der Waals surface area contributed by atoms with Crippen LogP contribution in [0.1, 0.15) is 28.8 Å². The lowest BCUT2D eigenvalue weighted by atomic mass is 10.1. The van der Waals surface area contributed by atoms with Gasteiger partial charge in [0.25, 0.3) is 5.91 Å². The fraction of sp³-hybridized carbons (Fsp3) is 0.308. The van der Waals surface area contributed by atoms with Gasteiger partial charge < -0.3 is 5.32 Å². The van der Waals surface area contributed by atoms with Crippen LogP contribution < -0.4 is 5.32 Å². The van der Waals surface area contributed by atoms with E-state index in [9.17, 15) is 18.0 Å². The molecule has 0 spiro atoms. The van der Waals surface area contributed by atoms with E-state index in [4.69, 9.17) is 6.42 Å². The van der Waals surface area contributed by atoms with Gasteiger partial charge in [-0.05, 0) is 24.6 Å². The molecule has 2 nitrogen and oxygen atoms in total. The molecule has 6 heteroatoms. The summed E-state index contributed by atoms with van der Waals surface area (Å²) in [6.45, 7) is 0.334. The highest BCUT2D eigenvalue weighted by Crippen LogP contribution is 2.35. The Kier molecular flexibility index (Phi) is 5.43. The first kappa shape index (κ1) is 15.6. The lowest BCUT2D eigenvalue weighted by Gasteiger charge is -2.11. The van der Waals surface area contributed by atoms with Crippen LogP contribution >= 0.6 is 15.9 Å². The third-order valence-electron chi connectivity index (χ3n) is 2.32. The predicted octanol–water partition coefficient (Wildman–Crippen LogP) is 3.61. The molecule has 1 amide bonds. The maximum absolute atomic E-state index is 12.7. The van der Waals surface area contributed by atoms with Crippen molar-refractivity contribution in [1.29, 1.82) is 0 Å². The quantitative estimate of drug-likeness (QED) is 0.661. The summed E-state index contributed by atoms with van der Waals surface area (Å²) in [5.74, 6) is 1.87. The Balaban J connectivity index is 2.79. The minimum absolute atomic E-state index is 0.0313. The molecule has 0 bridgehead atoms. The monoisotopic (exact) mass is 333 g/mol. The van der Waals surface area contributed by atoms with Crippen molar-refractivity contribution in [3.05, 3.63) is 33.8 Å². The van der Waals surface area contributed by atoms with Crippen molar-refractivity contribution in [3.63, 3.8) is 0 Å². The first-order valence-corrected chi connectivity index (χ1v) is 6.24. The molecule has 0 saturated heterocycles. The number of halogens is 4. The molecule has 102 valence electrons. The summed E-state index contributed by atoms with van der Waals surface area (Å²) in [4.78, 5) is 11.7. The maximum Gasteiger partial charge on any atom is 0.417 e. The standard InChI is InChI=1S/C13H11BrF3NO/c1-2-3-4-7-18-12(19)9-5-6-11(14)10(8-9)13(15,16)17/h1,5-6,8H,3-4,7H2,(H,18,19). The van der Waals surface area contributed by atoms with Crippen molar-refractivity contribution >= 4 is 21.8 Å². The average Bonchev–Trinajstić information content (AvgIpc) is 2.33. The molecule has 0 aliphatic rings. The topological polar surface area (TPSA) is 29.1 Å². The molecule has 1 rings (SSSR count). The highest BCUT2D eigenvalue weighted by molar-refractivity contribution is 9.10. The van der Waals surface area contributed by atoms with E-state index in [1.165, 1.54) is 12.1 Å². The molecule has 1 N–H and O–H groups in total. The smallest absolute Gasteiger partial charge is 0.352 e. The molecule has 0 aliphatic carbocycles. The number of unbranched alkanes of at least 4 members (excludes halogenated alkanes) is 1. The van der Waals surface area contributed by atoms with Gasteiger partial charge in [-0.3, -0.25) is 4.79 Å². The molecule has 19 heavy (non-hydrogen) atoms. The van der Waals surface area contributed by atoms with E-state index in [1.807, 2.05) is 0 Å². The highest BCUT2D eigenvalue weighted by atomic mass is 79.9. The zero-order valence-corrected chi connectivity index (χ0v) is 11.4. The van der Waals surface area contributed by atoms with Crippen molar-refractivity contribution in [3.8, 4) is 12.3 Å². The second-order valence-electron chi connectivity index (χ2n) is 3.76. The second-order valence-corrected chi connectivity index (χ2v) is 4.61. The van der Waals surface area contributed by atoms with Crippen LogP contribution in [0.25, 0.3) is 0 Å². The molecule has 0 unspecified atom stereocenters. The average molecular weight is 334 g/mol. The molecule has 0 atom stereocenters. The summed E-state index contributed by atoms with van der Waals surface area (Å²) in [5.41, 5.74) is -0.903. The van der Waals surface area contributed by atoms with E-state index in [2.05, 4.69) is 27.2 Å². The Bertz CT molecular complexity index is 506. The first-order chi connectivity index (χ1) is 8.86. The van der Waals surface area contributed by atoms with Crippen molar-refractivity contribution < 1.29 is 18.0 Å². The van der Waals surface area contributed by atoms with Crippen LogP contribution in [-0.4, -0.2) is 12.5 Å². The van der Waals surface area contributed by atoms with Gasteiger partial charge >= 0.3 is 6.18 Å². The summed E-state index contributed by atoms with van der Waals surface area (Å²) < 4.78 is 37.9. The number of amides is 1. The number of hydrogen-bond donors (Lipinski definition) is 1. The molecular weight excluding hydrogens is 323 g/mol. The van der Waals surface area contributed by atoms with Gasteiger partial charge in [0.05, 0.1) is 5.56 Å². The zero-order chi connectivity index (χ0) is 14.5. The Labute approximate surface area is 117 Å². The van der Waals surface area contributed by atoms with Gasteiger partial charge in [-0.2, -0.15) is 13.2 Å². The van der Waals surface area contributed by atoms with Gasteiger partial charge in [-0.25, -0.2) is 0 Å². The molecule has 0 aliphatic heterocycles. The summed E-state index contributed by atoms with van der Waals surface area (Å²) in [6.07, 6.45) is 1.64. The SMILES string of the molecule is C#CCCCNC(=O)c1ccc(Br)c(C(F)(F)F)c1. The number of hydrogen-bond acceptors (Lipinski definition) is 1. The first-order valence-electron chi connectivity index (χ1n) is 5.44. The lowest BCUT2D eigenvalue weighted by Crippen LogP contribution is -2.24. The fourth-order valence-corrected chi connectivity index (χ4v) is 1.85. The lowest BCUT2D eigenvalue weighted by molar-refractivity contribution is -0.138. The third-order valence-corrected chi connectivity index (χ3v) is 3.01. The molecule has 0 heterocycles. The summed E-state index contributed by atoms with van der Waals surface area (Å²) in [7, 11) is 0. The largest absolute Gasteiger partial charge is 0.417 e. The molecule has 0 radical (unpaired) electrons. The summed E-state index contributed by atoms with van der Waals surface area (Å²) in [6, 6.07) is 3.36. The highest BCUT2D eigenvalue weighted by Gasteiger charge is 2.33. The van der Waals surface area contributed by atoms with Crippen LogP contribution in [0.4, 0.5) is 13.2 Å². The van der Waals surface area contributed by atoms with Crippen LogP contribution in [0.15, 0.2) is 22.7 Å². The number of terminal acetylenes is 1. The Morgan fingerprint density at radius 1 is 1.42 bits per heavy atom. The molecule has 1 aromatic rings. The number of carbonyl (C=O) groups is 1. The van der Waals surface area contributed by atoms with Crippen molar-refractivity contribution in [2.24, 2.45) is 0 Å². The number of nitrogens with one attached hydrogen (secondary N) is 1. The van der Waals surface area contributed by atoms with E-state index in [0.717, 1.165) is 6.07 Å². The van der Waals surface area contributed by atoms with E-state index in [1.54, 1.807) is 0 Å². The summed E-state index contributed by atoms with van der Waals surface area (Å²) >= 11 is 2.81. The van der Waals surface area contributed by atoms with Crippen LogP contribution in [0.5, 0.6) is 0 Å². The normalized spacial score (nSPS) is 10.9. The van der Waals surface area contributed by atoms with Crippen LogP contribution in [-0.2, 0) is 6.18 Å². The third kappa shape index (κ3) is 4.60. The number of benzene rings is 1. The summed E-state index contributed by atoms with van der Waals surface area (Å²) in [5, 5.41) is 2.51. The zero-order valence-electron chi connectivity index (χ0n) is 9.85. The van der Waals surface area contributed by atoms with Crippen molar-refractivity contribution in [2.75, 3.05) is 6.54 Å². The van der Waals surface area contributed by atoms with E-state index in [-0.39, 0.29) is 10.0 Å². The van der Waals surface area contributed by atoms with Gasteiger partial charge in [0.2, 0.25) is 0 Å². The second kappa shape index (κ2) is 6.62. The molecule has 0 fully saturated rings. The Morgan fingerprint density at radius 2 is 2.11 bits per heavy atom. The van der Waals surface area contributed by atoms with Gasteiger partial charge in [0.1, 0.15) is 0 Å². The Hall–Kier alpha value is -1.48. The maximum atomic E-state index is 12.7. The number of carbonyl (C=O) groups excluding carboxylic acids is 1. The van der Waals surface area contributed by atoms with Crippen LogP contribution in [0, 0.1) is 12.3 Å². The number of alkyl halides is 3. The van der Waals surface area contributed by atoms with Crippen molar-refractivity contribution in [1.82, 2.24) is 5.32 Å². The minimum Gasteiger partial charge on any atom is -0.352 e. The van der Waals surface area contributed by atoms with E-state index >= 15 is 0 Å². The van der Waals surface area contributed by atoms with Gasteiger partial charge in [-0.1, -0.05) is 15.9 Å². The Morgan fingerprint density at radius 3 is 2.68 bits per heavy atom. The van der Waals surface area contributed by atoms with Crippen molar-refractivity contribution in [2.45, 2.75) is 19.0 Å². The minimum atomic E-state index is -4.50. The van der Waals surface area contributed by atoms with E-state index < -0.39 is 17.6 Å². The molecule has 1 aromatic carbocycles. The van der Waals surface area contributed by atoms with Gasteiger partial charge in [-0.15, -0.1) is 12.3 Å². The van der Waals surface area contributed by atoms with Crippen LogP contribution in [0.3, 0.4) is 0 Å². The number of rotatable bonds is 4. The van der Waals surface area contributed by atoms with Crippen LogP contribution in [0.2, 0.25) is 0 Å². The molecular formula is C13H11BrF3NO. The van der Waals surface area contributed by atoms with Gasteiger partial charge in [0, 0.05) is 23.0 Å². The molecule has 0 saturated carbocycles.